The first-order valence-corrected chi connectivity index (χ1v) is 11.3. The van der Waals surface area contributed by atoms with E-state index in [1.807, 2.05) is 6.92 Å². The second-order valence-electron chi connectivity index (χ2n) is 6.30. The summed E-state index contributed by atoms with van der Waals surface area (Å²) < 4.78 is 57.6. The summed E-state index contributed by atoms with van der Waals surface area (Å²) >= 11 is 0. The molecule has 0 saturated heterocycles. The fourth-order valence-corrected chi connectivity index (χ4v) is 4.53. The molecule has 0 aliphatic rings. The van der Waals surface area contributed by atoms with Gasteiger partial charge in [-0.05, 0) is 55.8 Å². The maximum atomic E-state index is 12.6. The van der Waals surface area contributed by atoms with Crippen molar-refractivity contribution < 1.29 is 21.0 Å². The highest BCUT2D eigenvalue weighted by atomic mass is 32.2. The fraction of sp³-hybridized carbons (Fsp3) is 0.100. The summed E-state index contributed by atoms with van der Waals surface area (Å²) in [7, 11) is -7.84. The molecule has 0 aliphatic carbocycles. The quantitative estimate of drug-likeness (QED) is 0.615. The molecule has 146 valence electrons. The molecule has 0 unspecified atom stereocenters. The third kappa shape index (κ3) is 4.71. The lowest BCUT2D eigenvalue weighted by Gasteiger charge is -2.12. The number of hydrogen-bond donors (Lipinski definition) is 1. The largest absolute Gasteiger partial charge is 0.379 e. The van der Waals surface area contributed by atoms with Crippen LogP contribution in [0.3, 0.4) is 0 Å². The van der Waals surface area contributed by atoms with E-state index < -0.39 is 20.1 Å². The lowest BCUT2D eigenvalue weighted by Crippen LogP contribution is -2.14. The molecule has 0 aliphatic heterocycles. The Balaban J connectivity index is 1.89. The van der Waals surface area contributed by atoms with E-state index in [0.29, 0.717) is 5.56 Å². The number of benzene rings is 3. The lowest BCUT2D eigenvalue weighted by atomic mass is 10.2. The Morgan fingerprint density at radius 2 is 1.36 bits per heavy atom. The second kappa shape index (κ2) is 7.65. The molecule has 6 nitrogen and oxygen atoms in total. The Bertz CT molecular complexity index is 1190. The molecule has 1 N–H and O–H groups in total. The third-order valence-corrected chi connectivity index (χ3v) is 6.53. The average molecular weight is 418 g/mol. The van der Waals surface area contributed by atoms with Crippen LogP contribution in [-0.4, -0.2) is 16.8 Å². The van der Waals surface area contributed by atoms with Gasteiger partial charge in [-0.25, -0.2) is 8.42 Å². The Kier molecular flexibility index (Phi) is 5.44. The van der Waals surface area contributed by atoms with Crippen molar-refractivity contribution in [3.8, 4) is 5.75 Å². The molecular weight excluding hydrogens is 398 g/mol. The number of nitrogens with one attached hydrogen (secondary N) is 1. The Morgan fingerprint density at radius 1 is 0.714 bits per heavy atom. The van der Waals surface area contributed by atoms with Crippen LogP contribution in [0, 0.1) is 13.8 Å². The molecule has 0 atom stereocenters. The molecule has 3 aromatic carbocycles. The molecule has 0 radical (unpaired) electrons. The first-order valence-electron chi connectivity index (χ1n) is 8.36. The van der Waals surface area contributed by atoms with Crippen molar-refractivity contribution in [3.05, 3.63) is 83.9 Å². The van der Waals surface area contributed by atoms with Gasteiger partial charge in [-0.2, -0.15) is 8.42 Å². The highest BCUT2D eigenvalue weighted by molar-refractivity contribution is 7.92. The van der Waals surface area contributed by atoms with E-state index >= 15 is 0 Å². The Hall–Kier alpha value is -2.84. The van der Waals surface area contributed by atoms with Crippen LogP contribution in [0.2, 0.25) is 0 Å². The topological polar surface area (TPSA) is 89.5 Å². The van der Waals surface area contributed by atoms with Crippen LogP contribution in [0.4, 0.5) is 5.69 Å². The van der Waals surface area contributed by atoms with E-state index in [1.165, 1.54) is 36.4 Å². The molecule has 0 amide bonds. The van der Waals surface area contributed by atoms with E-state index in [2.05, 4.69) is 4.72 Å². The Morgan fingerprint density at radius 3 is 2.00 bits per heavy atom. The summed E-state index contributed by atoms with van der Waals surface area (Å²) in [6.07, 6.45) is 0. The highest BCUT2D eigenvalue weighted by Crippen LogP contribution is 2.26. The van der Waals surface area contributed by atoms with Crippen molar-refractivity contribution in [2.75, 3.05) is 4.72 Å². The molecule has 0 aromatic heterocycles. The zero-order chi connectivity index (χ0) is 20.4. The third-order valence-electron chi connectivity index (χ3n) is 3.87. The summed E-state index contributed by atoms with van der Waals surface area (Å²) in [5, 5.41) is 0. The first-order chi connectivity index (χ1) is 13.2. The monoisotopic (exact) mass is 417 g/mol. The van der Waals surface area contributed by atoms with Gasteiger partial charge in [0.2, 0.25) is 0 Å². The van der Waals surface area contributed by atoms with Gasteiger partial charge in [-0.1, -0.05) is 35.9 Å². The van der Waals surface area contributed by atoms with Gasteiger partial charge in [0, 0.05) is 6.07 Å². The van der Waals surface area contributed by atoms with Crippen LogP contribution in [0.5, 0.6) is 5.75 Å². The van der Waals surface area contributed by atoms with Crippen LogP contribution in [0.15, 0.2) is 82.6 Å². The zero-order valence-corrected chi connectivity index (χ0v) is 16.9. The number of aryl methyl sites for hydroxylation is 2. The number of hydrogen-bond acceptors (Lipinski definition) is 5. The molecule has 3 aromatic rings. The number of rotatable bonds is 6. The van der Waals surface area contributed by atoms with Gasteiger partial charge in [0.1, 0.15) is 10.6 Å². The van der Waals surface area contributed by atoms with Crippen molar-refractivity contribution in [1.29, 1.82) is 0 Å². The molecule has 0 saturated carbocycles. The van der Waals surface area contributed by atoms with Gasteiger partial charge in [0.05, 0.1) is 10.6 Å². The van der Waals surface area contributed by atoms with Gasteiger partial charge in [-0.3, -0.25) is 4.72 Å². The maximum absolute atomic E-state index is 12.6. The molecule has 28 heavy (non-hydrogen) atoms. The van der Waals surface area contributed by atoms with E-state index in [-0.39, 0.29) is 21.2 Å². The summed E-state index contributed by atoms with van der Waals surface area (Å²) in [4.78, 5) is 0.122. The minimum absolute atomic E-state index is 0.0123. The molecular formula is C20H19NO5S2. The Labute approximate surface area is 165 Å². The van der Waals surface area contributed by atoms with E-state index in [0.717, 1.165) is 5.56 Å². The summed E-state index contributed by atoms with van der Waals surface area (Å²) in [5.41, 5.74) is 1.79. The molecule has 0 spiro atoms. The molecule has 8 heteroatoms. The smallest absolute Gasteiger partial charge is 0.339 e. The minimum atomic E-state index is -4.02. The van der Waals surface area contributed by atoms with Crippen molar-refractivity contribution in [3.63, 3.8) is 0 Å². The van der Waals surface area contributed by atoms with Crippen LogP contribution in [0.25, 0.3) is 0 Å². The summed E-state index contributed by atoms with van der Waals surface area (Å²) in [5.74, 6) is 0.0189. The zero-order valence-electron chi connectivity index (χ0n) is 15.3. The number of anilines is 1. The van der Waals surface area contributed by atoms with Gasteiger partial charge in [-0.15, -0.1) is 0 Å². The fourth-order valence-electron chi connectivity index (χ4n) is 2.55. The van der Waals surface area contributed by atoms with E-state index in [4.69, 9.17) is 4.18 Å². The summed E-state index contributed by atoms with van der Waals surface area (Å²) in [6, 6.07) is 18.6. The predicted molar refractivity (Wildman–Crippen MR) is 107 cm³/mol. The highest BCUT2D eigenvalue weighted by Gasteiger charge is 2.18. The lowest BCUT2D eigenvalue weighted by molar-refractivity contribution is 0.486. The van der Waals surface area contributed by atoms with Crippen molar-refractivity contribution in [2.24, 2.45) is 0 Å². The van der Waals surface area contributed by atoms with Gasteiger partial charge in [0.25, 0.3) is 10.0 Å². The van der Waals surface area contributed by atoms with Crippen molar-refractivity contribution in [1.82, 2.24) is 0 Å². The van der Waals surface area contributed by atoms with Crippen LogP contribution in [0.1, 0.15) is 11.1 Å². The predicted octanol–water partition coefficient (Wildman–Crippen LogP) is 3.87. The van der Waals surface area contributed by atoms with E-state index in [1.54, 1.807) is 43.3 Å². The van der Waals surface area contributed by atoms with Crippen LogP contribution >= 0.6 is 0 Å². The van der Waals surface area contributed by atoms with Crippen LogP contribution in [-0.2, 0) is 20.1 Å². The second-order valence-corrected chi connectivity index (χ2v) is 9.53. The molecule has 0 bridgehead atoms. The number of sulfonamides is 1. The summed E-state index contributed by atoms with van der Waals surface area (Å²) in [6.45, 7) is 3.58. The standard InChI is InChI=1S/C20H19NO5S2/c1-15-8-10-19(11-9-15)27(22,23)21-17-12-16(2)13-18(14-17)26-28(24,25)20-6-4-3-5-7-20/h3-14,21H,1-2H3. The van der Waals surface area contributed by atoms with Crippen molar-refractivity contribution >= 4 is 25.8 Å². The first kappa shape index (κ1) is 19.9. The van der Waals surface area contributed by atoms with Crippen LogP contribution < -0.4 is 8.91 Å². The average Bonchev–Trinajstić information content (AvgIpc) is 2.61. The maximum Gasteiger partial charge on any atom is 0.339 e. The van der Waals surface area contributed by atoms with E-state index in [9.17, 15) is 16.8 Å². The SMILES string of the molecule is Cc1ccc(S(=O)(=O)Nc2cc(C)cc(OS(=O)(=O)c3ccccc3)c2)cc1. The normalized spacial score (nSPS) is 11.8. The molecule has 3 rings (SSSR count). The van der Waals surface area contributed by atoms with Gasteiger partial charge < -0.3 is 4.18 Å². The van der Waals surface area contributed by atoms with Gasteiger partial charge in [0.15, 0.2) is 0 Å². The molecule has 0 fully saturated rings. The van der Waals surface area contributed by atoms with Crippen molar-refractivity contribution in [2.45, 2.75) is 23.6 Å². The molecule has 0 heterocycles. The van der Waals surface area contributed by atoms with Gasteiger partial charge >= 0.3 is 10.1 Å². The minimum Gasteiger partial charge on any atom is -0.379 e.